The Balaban J connectivity index is 0.00000480. The van der Waals surface area contributed by atoms with Crippen LogP contribution in [0.4, 0.5) is 4.39 Å². The topological polar surface area (TPSA) is 64.1 Å². The van der Waals surface area contributed by atoms with E-state index in [0.717, 1.165) is 17.7 Å². The number of hydrogen-bond acceptors (Lipinski definition) is 4. The first-order valence-electron chi connectivity index (χ1n) is 10.0. The summed E-state index contributed by atoms with van der Waals surface area (Å²) >= 11 is 0. The lowest BCUT2D eigenvalue weighted by Gasteiger charge is -2.19. The third kappa shape index (κ3) is 7.15. The molecular weight excluding hydrogens is 512 g/mol. The van der Waals surface area contributed by atoms with E-state index in [4.69, 9.17) is 14.2 Å². The average Bonchev–Trinajstić information content (AvgIpc) is 2.74. The zero-order valence-corrected chi connectivity index (χ0v) is 21.4. The van der Waals surface area contributed by atoms with Crippen molar-refractivity contribution in [1.82, 2.24) is 10.6 Å². The summed E-state index contributed by atoms with van der Waals surface area (Å²) < 4.78 is 30.2. The molecule has 0 saturated heterocycles. The molecule has 0 radical (unpaired) electrons. The third-order valence-corrected chi connectivity index (χ3v) is 4.83. The molecule has 1 unspecified atom stereocenters. The van der Waals surface area contributed by atoms with Crippen LogP contribution in [0.25, 0.3) is 0 Å². The number of halogens is 2. The number of nitrogens with one attached hydrogen (secondary N) is 2. The van der Waals surface area contributed by atoms with Gasteiger partial charge in [-0.3, -0.25) is 4.99 Å². The summed E-state index contributed by atoms with van der Waals surface area (Å²) in [7, 11) is 4.79. The van der Waals surface area contributed by atoms with E-state index in [1.807, 2.05) is 32.0 Å². The number of ether oxygens (including phenoxy) is 3. The summed E-state index contributed by atoms with van der Waals surface area (Å²) in [6, 6.07) is 9.00. The molecule has 2 rings (SSSR count). The highest BCUT2D eigenvalue weighted by Crippen LogP contribution is 2.39. The van der Waals surface area contributed by atoms with Crippen molar-refractivity contribution >= 4 is 29.9 Å². The molecule has 2 aromatic carbocycles. The Morgan fingerprint density at radius 1 is 1.06 bits per heavy atom. The van der Waals surface area contributed by atoms with Gasteiger partial charge in [0.1, 0.15) is 5.82 Å². The first-order chi connectivity index (χ1) is 14.4. The van der Waals surface area contributed by atoms with E-state index >= 15 is 0 Å². The summed E-state index contributed by atoms with van der Waals surface area (Å²) in [5.41, 5.74) is 2.48. The molecule has 0 fully saturated rings. The molecule has 0 heterocycles. The Kier molecular flexibility index (Phi) is 11.4. The van der Waals surface area contributed by atoms with Gasteiger partial charge in [-0.05, 0) is 50.5 Å². The standard InChI is InChI=1S/C23H32FN3O3.HI/c1-7-25-23(27-16(3)18-9-8-15(2)19(24)14-18)26-13-12-17-10-11-20(28-4)22(30-6)21(17)29-5;/h8-11,14,16H,7,12-13H2,1-6H3,(H2,25,26,27);1H. The molecule has 172 valence electrons. The van der Waals surface area contributed by atoms with Crippen LogP contribution in [0.5, 0.6) is 17.2 Å². The molecule has 0 saturated carbocycles. The van der Waals surface area contributed by atoms with Crippen molar-refractivity contribution in [3.8, 4) is 17.2 Å². The van der Waals surface area contributed by atoms with Crippen LogP contribution in [0, 0.1) is 12.7 Å². The summed E-state index contributed by atoms with van der Waals surface area (Å²) in [5.74, 6) is 2.31. The lowest BCUT2D eigenvalue weighted by molar-refractivity contribution is 0.322. The number of hydrogen-bond donors (Lipinski definition) is 2. The van der Waals surface area contributed by atoms with Gasteiger partial charge in [0.25, 0.3) is 0 Å². The van der Waals surface area contributed by atoms with E-state index in [9.17, 15) is 4.39 Å². The number of nitrogens with zero attached hydrogens (tertiary/aromatic N) is 1. The van der Waals surface area contributed by atoms with E-state index in [2.05, 4.69) is 15.6 Å². The van der Waals surface area contributed by atoms with Gasteiger partial charge in [-0.2, -0.15) is 0 Å². The van der Waals surface area contributed by atoms with E-state index < -0.39 is 0 Å². The highest BCUT2D eigenvalue weighted by atomic mass is 127. The number of aryl methyl sites for hydroxylation is 1. The molecule has 0 aliphatic rings. The zero-order chi connectivity index (χ0) is 22.1. The van der Waals surface area contributed by atoms with Gasteiger partial charge in [0.15, 0.2) is 17.5 Å². The lowest BCUT2D eigenvalue weighted by Crippen LogP contribution is -2.39. The van der Waals surface area contributed by atoms with Gasteiger partial charge in [0, 0.05) is 18.7 Å². The van der Waals surface area contributed by atoms with Crippen molar-refractivity contribution in [2.45, 2.75) is 33.2 Å². The van der Waals surface area contributed by atoms with Crippen LogP contribution in [0.3, 0.4) is 0 Å². The predicted molar refractivity (Wildman–Crippen MR) is 134 cm³/mol. The van der Waals surface area contributed by atoms with Gasteiger partial charge in [0.2, 0.25) is 5.75 Å². The average molecular weight is 545 g/mol. The van der Waals surface area contributed by atoms with E-state index in [-0.39, 0.29) is 35.8 Å². The van der Waals surface area contributed by atoms with Gasteiger partial charge in [0.05, 0.1) is 27.4 Å². The Morgan fingerprint density at radius 2 is 1.77 bits per heavy atom. The Bertz CT molecular complexity index is 877. The van der Waals surface area contributed by atoms with Crippen LogP contribution < -0.4 is 24.8 Å². The lowest BCUT2D eigenvalue weighted by atomic mass is 10.1. The molecule has 2 aromatic rings. The van der Waals surface area contributed by atoms with Crippen molar-refractivity contribution in [1.29, 1.82) is 0 Å². The third-order valence-electron chi connectivity index (χ3n) is 4.83. The maximum atomic E-state index is 13.9. The van der Waals surface area contributed by atoms with Gasteiger partial charge in [-0.15, -0.1) is 24.0 Å². The molecule has 8 heteroatoms. The number of aliphatic imine (C=N–C) groups is 1. The Morgan fingerprint density at radius 3 is 2.35 bits per heavy atom. The van der Waals surface area contributed by atoms with Crippen molar-refractivity contribution in [3.05, 3.63) is 52.8 Å². The monoisotopic (exact) mass is 545 g/mol. The van der Waals surface area contributed by atoms with E-state index in [1.54, 1.807) is 40.4 Å². The number of benzene rings is 2. The van der Waals surface area contributed by atoms with Crippen LogP contribution in [-0.4, -0.2) is 40.4 Å². The Labute approximate surface area is 201 Å². The number of methoxy groups -OCH3 is 3. The van der Waals surface area contributed by atoms with Crippen LogP contribution in [0.1, 0.15) is 36.6 Å². The molecule has 31 heavy (non-hydrogen) atoms. The van der Waals surface area contributed by atoms with Crippen LogP contribution in [-0.2, 0) is 6.42 Å². The molecule has 0 aliphatic carbocycles. The minimum Gasteiger partial charge on any atom is -0.493 e. The maximum Gasteiger partial charge on any atom is 0.203 e. The molecule has 6 nitrogen and oxygen atoms in total. The second-order valence-corrected chi connectivity index (χ2v) is 6.88. The first-order valence-corrected chi connectivity index (χ1v) is 10.0. The fourth-order valence-electron chi connectivity index (χ4n) is 3.14. The smallest absolute Gasteiger partial charge is 0.203 e. The maximum absolute atomic E-state index is 13.9. The van der Waals surface area contributed by atoms with Gasteiger partial charge >= 0.3 is 0 Å². The molecule has 2 N–H and O–H groups in total. The summed E-state index contributed by atoms with van der Waals surface area (Å²) in [4.78, 5) is 4.66. The van der Waals surface area contributed by atoms with Gasteiger partial charge < -0.3 is 24.8 Å². The molecule has 0 amide bonds. The van der Waals surface area contributed by atoms with Gasteiger partial charge in [-0.25, -0.2) is 4.39 Å². The van der Waals surface area contributed by atoms with Crippen molar-refractivity contribution in [3.63, 3.8) is 0 Å². The van der Waals surface area contributed by atoms with E-state index in [0.29, 0.717) is 41.7 Å². The fraction of sp³-hybridized carbons (Fsp3) is 0.435. The fourth-order valence-corrected chi connectivity index (χ4v) is 3.14. The van der Waals surface area contributed by atoms with Crippen LogP contribution >= 0.6 is 24.0 Å². The summed E-state index contributed by atoms with van der Waals surface area (Å²) in [6.45, 7) is 7.00. The first kappa shape index (κ1) is 26.8. The SMILES string of the molecule is CCNC(=NCCc1ccc(OC)c(OC)c1OC)NC(C)c1ccc(C)c(F)c1.I. The van der Waals surface area contributed by atoms with Crippen LogP contribution in [0.2, 0.25) is 0 Å². The van der Waals surface area contributed by atoms with Gasteiger partial charge in [-0.1, -0.05) is 18.2 Å². The molecule has 0 aromatic heterocycles. The quantitative estimate of drug-likeness (QED) is 0.273. The second kappa shape index (κ2) is 13.2. The molecule has 0 aliphatic heterocycles. The van der Waals surface area contributed by atoms with Crippen molar-refractivity contribution in [2.75, 3.05) is 34.4 Å². The van der Waals surface area contributed by atoms with E-state index in [1.165, 1.54) is 0 Å². The summed E-state index contributed by atoms with van der Waals surface area (Å²) in [5, 5.41) is 6.57. The minimum atomic E-state index is -0.205. The highest BCUT2D eigenvalue weighted by Gasteiger charge is 2.15. The molecule has 0 spiro atoms. The summed E-state index contributed by atoms with van der Waals surface area (Å²) in [6.07, 6.45) is 0.660. The number of guanidine groups is 1. The predicted octanol–water partition coefficient (Wildman–Crippen LogP) is 4.64. The van der Waals surface area contributed by atoms with Crippen molar-refractivity contribution in [2.24, 2.45) is 4.99 Å². The second-order valence-electron chi connectivity index (χ2n) is 6.88. The highest BCUT2D eigenvalue weighted by molar-refractivity contribution is 14.0. The van der Waals surface area contributed by atoms with Crippen molar-refractivity contribution < 1.29 is 18.6 Å². The molecule has 1 atom stereocenters. The number of rotatable bonds is 9. The largest absolute Gasteiger partial charge is 0.493 e. The molecular formula is C23H33FIN3O3. The van der Waals surface area contributed by atoms with Crippen LogP contribution in [0.15, 0.2) is 35.3 Å². The Hall–Kier alpha value is -2.23. The minimum absolute atomic E-state index is 0. The normalized spacial score (nSPS) is 11.9. The zero-order valence-electron chi connectivity index (χ0n) is 19.0. The molecule has 0 bridgehead atoms.